The molecule has 0 N–H and O–H groups in total. The number of rotatable bonds is 1. The molecule has 0 atom stereocenters. The van der Waals surface area contributed by atoms with Gasteiger partial charge in [0.15, 0.2) is 5.16 Å². The molecule has 3 nitrogen and oxygen atoms in total. The Morgan fingerprint density at radius 3 is 3.29 bits per heavy atom. The number of imidazole rings is 1. The summed E-state index contributed by atoms with van der Waals surface area (Å²) in [4.78, 5) is 15.1. The lowest BCUT2D eigenvalue weighted by Crippen LogP contribution is -1.92. The van der Waals surface area contributed by atoms with Gasteiger partial charge in [-0.05, 0) is 18.2 Å². The van der Waals surface area contributed by atoms with Crippen molar-refractivity contribution < 1.29 is 4.79 Å². The molecule has 2 aromatic rings. The number of carbonyl (C=O) groups excluding carboxylic acids is 1. The maximum Gasteiger partial charge on any atom is 0.169 e. The number of hydrogen-bond donors (Lipinski definition) is 0. The number of benzene rings is 1. The minimum absolute atomic E-state index is 0.694. The molecule has 1 aromatic carbocycles. The molecule has 3 rings (SSSR count). The number of aryl methyl sites for hydroxylation is 1. The third kappa shape index (κ3) is 1.00. The van der Waals surface area contributed by atoms with E-state index in [1.165, 1.54) is 0 Å². The topological polar surface area (TPSA) is 34.9 Å². The Bertz CT molecular complexity index is 518. The van der Waals surface area contributed by atoms with Gasteiger partial charge in [-0.25, -0.2) is 4.98 Å². The molecule has 0 aliphatic carbocycles. The van der Waals surface area contributed by atoms with Crippen molar-refractivity contribution in [3.05, 3.63) is 23.8 Å². The molecule has 0 amide bonds. The molecule has 70 valence electrons. The molecule has 0 radical (unpaired) electrons. The fraction of sp³-hybridized carbons (Fsp3) is 0.200. The monoisotopic (exact) mass is 204 g/mol. The Morgan fingerprint density at radius 2 is 2.43 bits per heavy atom. The second kappa shape index (κ2) is 2.85. The fourth-order valence-electron chi connectivity index (χ4n) is 1.75. The van der Waals surface area contributed by atoms with Gasteiger partial charge < -0.3 is 4.57 Å². The van der Waals surface area contributed by atoms with Crippen LogP contribution in [0.4, 0.5) is 0 Å². The molecule has 14 heavy (non-hydrogen) atoms. The maximum atomic E-state index is 10.6. The molecule has 0 bridgehead atoms. The average Bonchev–Trinajstić information content (AvgIpc) is 2.75. The van der Waals surface area contributed by atoms with Gasteiger partial charge in [0.25, 0.3) is 0 Å². The third-order valence-electron chi connectivity index (χ3n) is 2.42. The molecular formula is C10H8N2OS. The van der Waals surface area contributed by atoms with Gasteiger partial charge in [-0.3, -0.25) is 4.79 Å². The Morgan fingerprint density at radius 1 is 1.50 bits per heavy atom. The van der Waals surface area contributed by atoms with Crippen molar-refractivity contribution in [2.45, 2.75) is 11.7 Å². The Balaban J connectivity index is 2.32. The molecule has 0 saturated carbocycles. The van der Waals surface area contributed by atoms with Gasteiger partial charge in [0, 0.05) is 17.9 Å². The van der Waals surface area contributed by atoms with E-state index >= 15 is 0 Å². The Kier molecular flexibility index (Phi) is 1.64. The van der Waals surface area contributed by atoms with E-state index in [1.54, 1.807) is 11.8 Å². The van der Waals surface area contributed by atoms with Crippen molar-refractivity contribution in [1.29, 1.82) is 0 Å². The molecule has 1 aliphatic rings. The van der Waals surface area contributed by atoms with Crippen LogP contribution in [0.1, 0.15) is 10.4 Å². The SMILES string of the molecule is O=Cc1ccc2c(c1)nc1n2CCS1. The summed E-state index contributed by atoms with van der Waals surface area (Å²) in [6, 6.07) is 5.66. The molecule has 1 aliphatic heterocycles. The van der Waals surface area contributed by atoms with Crippen LogP contribution in [-0.2, 0) is 6.54 Å². The van der Waals surface area contributed by atoms with Crippen LogP contribution in [0.25, 0.3) is 11.0 Å². The van der Waals surface area contributed by atoms with E-state index < -0.39 is 0 Å². The molecule has 4 heteroatoms. The van der Waals surface area contributed by atoms with Crippen LogP contribution >= 0.6 is 11.8 Å². The van der Waals surface area contributed by atoms with Crippen LogP contribution in [0.15, 0.2) is 23.4 Å². The van der Waals surface area contributed by atoms with Gasteiger partial charge in [-0.1, -0.05) is 11.8 Å². The summed E-state index contributed by atoms with van der Waals surface area (Å²) in [5.74, 6) is 1.10. The number of aldehydes is 1. The van der Waals surface area contributed by atoms with Gasteiger partial charge in [-0.2, -0.15) is 0 Å². The van der Waals surface area contributed by atoms with Crippen LogP contribution in [0.2, 0.25) is 0 Å². The number of aromatic nitrogens is 2. The largest absolute Gasteiger partial charge is 0.318 e. The highest BCUT2D eigenvalue weighted by atomic mass is 32.2. The lowest BCUT2D eigenvalue weighted by molar-refractivity contribution is 0.112. The summed E-state index contributed by atoms with van der Waals surface area (Å²) in [7, 11) is 0. The van der Waals surface area contributed by atoms with Gasteiger partial charge >= 0.3 is 0 Å². The number of hydrogen-bond acceptors (Lipinski definition) is 3. The number of fused-ring (bicyclic) bond motifs is 3. The van der Waals surface area contributed by atoms with Gasteiger partial charge in [-0.15, -0.1) is 0 Å². The first kappa shape index (κ1) is 8.05. The predicted molar refractivity (Wildman–Crippen MR) is 55.8 cm³/mol. The van der Waals surface area contributed by atoms with E-state index in [9.17, 15) is 4.79 Å². The molecule has 0 saturated heterocycles. The minimum atomic E-state index is 0.694. The molecular weight excluding hydrogens is 196 g/mol. The zero-order valence-corrected chi connectivity index (χ0v) is 8.25. The van der Waals surface area contributed by atoms with Gasteiger partial charge in [0.1, 0.15) is 6.29 Å². The standard InChI is InChI=1S/C10H8N2OS/c13-6-7-1-2-9-8(5-7)11-10-12(9)3-4-14-10/h1-2,5-6H,3-4H2. The zero-order chi connectivity index (χ0) is 9.54. The van der Waals surface area contributed by atoms with Crippen molar-refractivity contribution in [2.24, 2.45) is 0 Å². The molecule has 0 spiro atoms. The van der Waals surface area contributed by atoms with Crippen molar-refractivity contribution >= 4 is 29.1 Å². The lowest BCUT2D eigenvalue weighted by Gasteiger charge is -1.96. The highest BCUT2D eigenvalue weighted by Crippen LogP contribution is 2.29. The second-order valence-electron chi connectivity index (χ2n) is 3.26. The summed E-state index contributed by atoms with van der Waals surface area (Å²) in [6.45, 7) is 1.02. The summed E-state index contributed by atoms with van der Waals surface area (Å²) in [5, 5.41) is 1.07. The van der Waals surface area contributed by atoms with Crippen molar-refractivity contribution in [3.8, 4) is 0 Å². The molecule has 1 aromatic heterocycles. The minimum Gasteiger partial charge on any atom is -0.318 e. The lowest BCUT2D eigenvalue weighted by atomic mass is 10.2. The summed E-state index contributed by atoms with van der Waals surface area (Å²) >= 11 is 1.77. The fourth-order valence-corrected chi connectivity index (χ4v) is 2.72. The maximum absolute atomic E-state index is 10.6. The van der Waals surface area contributed by atoms with Crippen molar-refractivity contribution in [3.63, 3.8) is 0 Å². The molecule has 0 unspecified atom stereocenters. The van der Waals surface area contributed by atoms with Crippen LogP contribution in [0.5, 0.6) is 0 Å². The average molecular weight is 204 g/mol. The van der Waals surface area contributed by atoms with E-state index in [1.807, 2.05) is 18.2 Å². The molecule has 2 heterocycles. The summed E-state index contributed by atoms with van der Waals surface area (Å²) in [5.41, 5.74) is 2.76. The zero-order valence-electron chi connectivity index (χ0n) is 7.43. The normalized spacial score (nSPS) is 14.6. The highest BCUT2D eigenvalue weighted by Gasteiger charge is 2.16. The van der Waals surface area contributed by atoms with Gasteiger partial charge in [0.05, 0.1) is 11.0 Å². The quantitative estimate of drug-likeness (QED) is 0.666. The van der Waals surface area contributed by atoms with Gasteiger partial charge in [0.2, 0.25) is 0 Å². The van der Waals surface area contributed by atoms with Crippen LogP contribution in [0.3, 0.4) is 0 Å². The van der Waals surface area contributed by atoms with Crippen molar-refractivity contribution in [2.75, 3.05) is 5.75 Å². The third-order valence-corrected chi connectivity index (χ3v) is 3.38. The first-order valence-electron chi connectivity index (χ1n) is 4.47. The van der Waals surface area contributed by atoms with Crippen molar-refractivity contribution in [1.82, 2.24) is 9.55 Å². The van der Waals surface area contributed by atoms with E-state index in [0.717, 1.165) is 34.8 Å². The van der Waals surface area contributed by atoms with E-state index in [0.29, 0.717) is 5.56 Å². The van der Waals surface area contributed by atoms with E-state index in [2.05, 4.69) is 9.55 Å². The summed E-state index contributed by atoms with van der Waals surface area (Å²) < 4.78 is 2.20. The number of nitrogens with zero attached hydrogens (tertiary/aromatic N) is 2. The first-order valence-corrected chi connectivity index (χ1v) is 5.45. The van der Waals surface area contributed by atoms with E-state index in [4.69, 9.17) is 0 Å². The van der Waals surface area contributed by atoms with Crippen LogP contribution in [-0.4, -0.2) is 21.6 Å². The highest BCUT2D eigenvalue weighted by molar-refractivity contribution is 7.99. The van der Waals surface area contributed by atoms with E-state index in [-0.39, 0.29) is 0 Å². The summed E-state index contributed by atoms with van der Waals surface area (Å²) in [6.07, 6.45) is 0.858. The predicted octanol–water partition coefficient (Wildman–Crippen LogP) is 1.95. The number of thioether (sulfide) groups is 1. The van der Waals surface area contributed by atoms with Crippen LogP contribution in [0, 0.1) is 0 Å². The number of carbonyl (C=O) groups is 1. The molecule has 0 fully saturated rings. The smallest absolute Gasteiger partial charge is 0.169 e. The second-order valence-corrected chi connectivity index (χ2v) is 4.32. The Labute approximate surface area is 85.1 Å². The first-order chi connectivity index (χ1) is 6.88. The Hall–Kier alpha value is -1.29. The van der Waals surface area contributed by atoms with Crippen LogP contribution < -0.4 is 0 Å².